The van der Waals surface area contributed by atoms with E-state index < -0.39 is 5.97 Å². The molecule has 0 saturated heterocycles. The Labute approximate surface area is 139 Å². The highest BCUT2D eigenvalue weighted by molar-refractivity contribution is 5.99. The van der Waals surface area contributed by atoms with Crippen LogP contribution in [0, 0.1) is 6.57 Å². The van der Waals surface area contributed by atoms with Gasteiger partial charge in [-0.1, -0.05) is 42.5 Å². The number of hydrogen-bond donors (Lipinski definition) is 2. The fourth-order valence-electron chi connectivity index (χ4n) is 2.81. The average molecular weight is 317 g/mol. The van der Waals surface area contributed by atoms with Crippen LogP contribution in [0.25, 0.3) is 27.1 Å². The lowest BCUT2D eigenvalue weighted by atomic mass is 9.99. The van der Waals surface area contributed by atoms with Crippen LogP contribution in [0.5, 0.6) is 0 Å². The molecule has 0 bridgehead atoms. The van der Waals surface area contributed by atoms with Crippen molar-refractivity contribution in [2.24, 2.45) is 7.05 Å². The molecule has 0 amide bonds. The lowest BCUT2D eigenvalue weighted by Gasteiger charge is -2.08. The number of aromatic carboxylic acids is 1. The molecule has 1 heterocycles. The van der Waals surface area contributed by atoms with Crippen LogP contribution >= 0.6 is 0 Å². The number of aryl methyl sites for hydroxylation is 1. The molecule has 24 heavy (non-hydrogen) atoms. The molecule has 5 nitrogen and oxygen atoms in total. The Kier molecular flexibility index (Phi) is 3.80. The number of nitrogens with two attached hydrogens (primary N) is 1. The molecule has 1 aromatic heterocycles. The molecular formula is C19H15N3O2. The molecule has 0 fully saturated rings. The minimum atomic E-state index is -1.06. The van der Waals surface area contributed by atoms with Crippen molar-refractivity contribution in [3.05, 3.63) is 71.8 Å². The van der Waals surface area contributed by atoms with Crippen molar-refractivity contribution in [3.8, 4) is 22.3 Å². The number of aromatic nitrogens is 1. The Balaban J connectivity index is 2.12. The molecule has 0 spiro atoms. The topological polar surface area (TPSA) is 72.6 Å². The molecule has 3 N–H and O–H groups in total. The molecular weight excluding hydrogens is 302 g/mol. The highest BCUT2D eigenvalue weighted by Gasteiger charge is 2.21. The summed E-state index contributed by atoms with van der Waals surface area (Å²) in [6.45, 7) is 7.29. The summed E-state index contributed by atoms with van der Waals surface area (Å²) in [5, 5.41) is 9.45. The number of para-hydroxylation sites is 1. The van der Waals surface area contributed by atoms with E-state index >= 15 is 0 Å². The van der Waals surface area contributed by atoms with Crippen LogP contribution in [0.2, 0.25) is 0 Å². The smallest absolute Gasteiger partial charge is 0.351 e. The molecule has 0 aliphatic rings. The summed E-state index contributed by atoms with van der Waals surface area (Å²) in [5.74, 6) is -1.06. The van der Waals surface area contributed by atoms with Gasteiger partial charge in [-0.05, 0) is 17.2 Å². The second kappa shape index (κ2) is 5.94. The quantitative estimate of drug-likeness (QED) is 0.562. The van der Waals surface area contributed by atoms with Crippen LogP contribution in [0.15, 0.2) is 54.7 Å². The van der Waals surface area contributed by atoms with E-state index in [1.807, 2.05) is 48.5 Å². The number of nitrogens with zero attached hydrogens (tertiary/aromatic N) is 2. The van der Waals surface area contributed by atoms with Gasteiger partial charge in [-0.2, -0.15) is 0 Å². The molecule has 0 aliphatic heterocycles. The number of rotatable bonds is 3. The van der Waals surface area contributed by atoms with Crippen molar-refractivity contribution in [2.75, 3.05) is 5.73 Å². The summed E-state index contributed by atoms with van der Waals surface area (Å²) >= 11 is 0. The van der Waals surface area contributed by atoms with Crippen molar-refractivity contribution in [3.63, 3.8) is 0 Å². The maximum Gasteiger partial charge on any atom is 0.351 e. The number of carboxylic acids is 1. The van der Waals surface area contributed by atoms with Crippen LogP contribution in [0.1, 0.15) is 10.5 Å². The predicted molar refractivity (Wildman–Crippen MR) is 93.9 cm³/mol. The fourth-order valence-corrected chi connectivity index (χ4v) is 2.81. The summed E-state index contributed by atoms with van der Waals surface area (Å²) in [6, 6.07) is 15.0. The van der Waals surface area contributed by atoms with E-state index in [1.54, 1.807) is 7.05 Å². The SMILES string of the molecule is [C-]#[N+]c1cn(C)c(C(=O)O)c1-c1ccc(-c2ccccc2N)cc1. The van der Waals surface area contributed by atoms with Crippen molar-refractivity contribution in [2.45, 2.75) is 0 Å². The zero-order chi connectivity index (χ0) is 17.3. The van der Waals surface area contributed by atoms with Gasteiger partial charge in [0.05, 0.1) is 6.57 Å². The Morgan fingerprint density at radius 3 is 2.33 bits per heavy atom. The van der Waals surface area contributed by atoms with Gasteiger partial charge in [0.1, 0.15) is 5.69 Å². The van der Waals surface area contributed by atoms with Gasteiger partial charge in [0.25, 0.3) is 0 Å². The second-order valence-corrected chi connectivity index (χ2v) is 5.43. The van der Waals surface area contributed by atoms with Crippen molar-refractivity contribution in [1.29, 1.82) is 0 Å². The highest BCUT2D eigenvalue weighted by atomic mass is 16.4. The third-order valence-electron chi connectivity index (χ3n) is 3.93. The first-order valence-corrected chi connectivity index (χ1v) is 7.28. The van der Waals surface area contributed by atoms with E-state index in [0.717, 1.165) is 11.1 Å². The van der Waals surface area contributed by atoms with Crippen LogP contribution in [0.4, 0.5) is 11.4 Å². The van der Waals surface area contributed by atoms with Crippen LogP contribution in [0.3, 0.4) is 0 Å². The first kappa shape index (κ1) is 15.4. The largest absolute Gasteiger partial charge is 0.477 e. The van der Waals surface area contributed by atoms with E-state index in [0.29, 0.717) is 22.5 Å². The Morgan fingerprint density at radius 1 is 1.12 bits per heavy atom. The van der Waals surface area contributed by atoms with Crippen molar-refractivity contribution in [1.82, 2.24) is 4.57 Å². The third kappa shape index (κ3) is 2.50. The molecule has 0 atom stereocenters. The van der Waals surface area contributed by atoms with Gasteiger partial charge in [-0.15, -0.1) is 0 Å². The zero-order valence-electron chi connectivity index (χ0n) is 13.0. The van der Waals surface area contributed by atoms with Gasteiger partial charge < -0.3 is 15.4 Å². The van der Waals surface area contributed by atoms with Gasteiger partial charge in [0.2, 0.25) is 5.69 Å². The summed E-state index contributed by atoms with van der Waals surface area (Å²) in [7, 11) is 1.63. The molecule has 118 valence electrons. The van der Waals surface area contributed by atoms with Gasteiger partial charge in [0.15, 0.2) is 0 Å². The predicted octanol–water partition coefficient (Wildman–Crippen LogP) is 4.19. The van der Waals surface area contributed by atoms with Crippen molar-refractivity contribution >= 4 is 17.3 Å². The van der Waals surface area contributed by atoms with E-state index in [2.05, 4.69) is 4.85 Å². The van der Waals surface area contributed by atoms with Gasteiger partial charge >= 0.3 is 5.97 Å². The number of benzene rings is 2. The van der Waals surface area contributed by atoms with Crippen molar-refractivity contribution < 1.29 is 9.90 Å². The maximum absolute atomic E-state index is 11.5. The minimum Gasteiger partial charge on any atom is -0.477 e. The number of nitrogen functional groups attached to an aromatic ring is 1. The van der Waals surface area contributed by atoms with Gasteiger partial charge in [-0.25, -0.2) is 9.64 Å². The maximum atomic E-state index is 11.5. The summed E-state index contributed by atoms with van der Waals surface area (Å²) in [4.78, 5) is 15.0. The first-order valence-electron chi connectivity index (χ1n) is 7.28. The molecule has 3 aromatic rings. The first-order chi connectivity index (χ1) is 11.5. The molecule has 0 saturated carbocycles. The van der Waals surface area contributed by atoms with E-state index in [1.165, 1.54) is 10.8 Å². The highest BCUT2D eigenvalue weighted by Crippen LogP contribution is 2.36. The Bertz CT molecular complexity index is 963. The van der Waals surface area contributed by atoms with Gasteiger partial charge in [0, 0.05) is 30.1 Å². The molecule has 0 aliphatic carbocycles. The normalized spacial score (nSPS) is 10.3. The number of carbonyl (C=O) groups is 1. The lowest BCUT2D eigenvalue weighted by Crippen LogP contribution is -2.05. The van der Waals surface area contributed by atoms with E-state index in [9.17, 15) is 9.90 Å². The molecule has 0 unspecified atom stereocenters. The summed E-state index contributed by atoms with van der Waals surface area (Å²) in [5.41, 5.74) is 10.1. The number of hydrogen-bond acceptors (Lipinski definition) is 2. The standard InChI is InChI=1S/C19H15N3O2/c1-21-16-11-22(2)18(19(23)24)17(16)13-9-7-12(8-10-13)14-5-3-4-6-15(14)20/h3-11H,20H2,2H3,(H,23,24). The fraction of sp³-hybridized carbons (Fsp3) is 0.0526. The summed E-state index contributed by atoms with van der Waals surface area (Å²) < 4.78 is 1.47. The number of anilines is 1. The third-order valence-corrected chi connectivity index (χ3v) is 3.93. The van der Waals surface area contributed by atoms with Crippen LogP contribution in [-0.2, 0) is 7.05 Å². The molecule has 5 heteroatoms. The monoisotopic (exact) mass is 317 g/mol. The Morgan fingerprint density at radius 2 is 1.75 bits per heavy atom. The second-order valence-electron chi connectivity index (χ2n) is 5.43. The Hall–Kier alpha value is -3.52. The van der Waals surface area contributed by atoms with E-state index in [-0.39, 0.29) is 5.69 Å². The van der Waals surface area contributed by atoms with Gasteiger partial charge in [-0.3, -0.25) is 0 Å². The van der Waals surface area contributed by atoms with E-state index in [4.69, 9.17) is 12.3 Å². The minimum absolute atomic E-state index is 0.105. The zero-order valence-corrected chi connectivity index (χ0v) is 13.0. The average Bonchev–Trinajstić information content (AvgIpc) is 2.92. The lowest BCUT2D eigenvalue weighted by molar-refractivity contribution is 0.0687. The molecule has 2 aromatic carbocycles. The van der Waals surface area contributed by atoms with Crippen LogP contribution < -0.4 is 5.73 Å². The molecule has 3 rings (SSSR count). The number of carboxylic acid groups (broad SMARTS) is 1. The molecule has 0 radical (unpaired) electrons. The summed E-state index contributed by atoms with van der Waals surface area (Å²) in [6.07, 6.45) is 1.54. The van der Waals surface area contributed by atoms with Crippen LogP contribution in [-0.4, -0.2) is 15.6 Å².